The van der Waals surface area contributed by atoms with Crippen LogP contribution in [0, 0.1) is 11.3 Å². The number of nitrogens with one attached hydrogen (secondary N) is 1. The minimum absolute atomic E-state index is 0.241. The van der Waals surface area contributed by atoms with Crippen molar-refractivity contribution in [2.45, 2.75) is 31.7 Å². The largest absolute Gasteiger partial charge is 0.353 e. The zero-order valence-corrected chi connectivity index (χ0v) is 10.9. The molecule has 5 nitrogen and oxygen atoms in total. The predicted molar refractivity (Wildman–Crippen MR) is 68.4 cm³/mol. The molecule has 1 spiro atoms. The number of anilines is 1. The first kappa shape index (κ1) is 10.7. The van der Waals surface area contributed by atoms with E-state index in [1.807, 2.05) is 0 Å². The number of carbonyl (C=O) groups is 1. The minimum atomic E-state index is 0.241. The van der Waals surface area contributed by atoms with Crippen LogP contribution in [0.25, 0.3) is 0 Å². The van der Waals surface area contributed by atoms with Gasteiger partial charge in [0.15, 0.2) is 0 Å². The van der Waals surface area contributed by atoms with E-state index in [1.54, 1.807) is 16.8 Å². The molecule has 3 fully saturated rings. The SMILES string of the molecule is O=C(NC1CC1)[C@@H]1C[C@@]12CCN(c1nncs1)C2. The van der Waals surface area contributed by atoms with E-state index in [1.165, 1.54) is 12.8 Å². The summed E-state index contributed by atoms with van der Waals surface area (Å²) in [5, 5.41) is 12.1. The fraction of sp³-hybridized carbons (Fsp3) is 0.750. The molecule has 1 N–H and O–H groups in total. The summed E-state index contributed by atoms with van der Waals surface area (Å²) in [6.45, 7) is 1.99. The highest BCUT2D eigenvalue weighted by atomic mass is 32.1. The van der Waals surface area contributed by atoms with Crippen molar-refractivity contribution in [1.82, 2.24) is 15.5 Å². The number of hydrogen-bond donors (Lipinski definition) is 1. The molecule has 2 aliphatic carbocycles. The van der Waals surface area contributed by atoms with E-state index in [0.29, 0.717) is 6.04 Å². The van der Waals surface area contributed by atoms with Gasteiger partial charge in [-0.1, -0.05) is 11.3 Å². The van der Waals surface area contributed by atoms with E-state index in [-0.39, 0.29) is 17.2 Å². The molecule has 1 saturated heterocycles. The monoisotopic (exact) mass is 264 g/mol. The lowest BCUT2D eigenvalue weighted by Gasteiger charge is -2.14. The number of carbonyl (C=O) groups excluding carboxylic acids is 1. The summed E-state index contributed by atoms with van der Waals surface area (Å²) in [4.78, 5) is 14.3. The molecule has 1 amide bonds. The van der Waals surface area contributed by atoms with E-state index < -0.39 is 0 Å². The Bertz CT molecular complexity index is 472. The van der Waals surface area contributed by atoms with Crippen molar-refractivity contribution in [3.05, 3.63) is 5.51 Å². The van der Waals surface area contributed by atoms with Crippen LogP contribution >= 0.6 is 11.3 Å². The van der Waals surface area contributed by atoms with Crippen LogP contribution in [0.3, 0.4) is 0 Å². The summed E-state index contributed by atoms with van der Waals surface area (Å²) < 4.78 is 0. The van der Waals surface area contributed by atoms with Gasteiger partial charge in [-0.2, -0.15) is 0 Å². The van der Waals surface area contributed by atoms with Crippen molar-refractivity contribution in [3.63, 3.8) is 0 Å². The summed E-state index contributed by atoms with van der Waals surface area (Å²) in [6.07, 6.45) is 4.51. The fourth-order valence-corrected chi connectivity index (χ4v) is 3.65. The Balaban J connectivity index is 1.40. The van der Waals surface area contributed by atoms with Gasteiger partial charge in [0.05, 0.1) is 0 Å². The molecule has 18 heavy (non-hydrogen) atoms. The Morgan fingerprint density at radius 1 is 1.56 bits per heavy atom. The molecule has 2 saturated carbocycles. The molecular weight excluding hydrogens is 248 g/mol. The molecule has 96 valence electrons. The lowest BCUT2D eigenvalue weighted by Crippen LogP contribution is -2.30. The van der Waals surface area contributed by atoms with Crippen LogP contribution in [0.1, 0.15) is 25.7 Å². The maximum Gasteiger partial charge on any atom is 0.223 e. The quantitative estimate of drug-likeness (QED) is 0.886. The molecule has 4 rings (SSSR count). The highest BCUT2D eigenvalue weighted by Gasteiger charge is 2.61. The molecule has 0 radical (unpaired) electrons. The summed E-state index contributed by atoms with van der Waals surface area (Å²) in [7, 11) is 0. The zero-order valence-electron chi connectivity index (χ0n) is 10.1. The zero-order chi connectivity index (χ0) is 12.2. The van der Waals surface area contributed by atoms with Crippen LogP contribution < -0.4 is 10.2 Å². The average molecular weight is 264 g/mol. The third-order valence-corrected chi connectivity index (χ3v) is 5.18. The first-order valence-corrected chi connectivity index (χ1v) is 7.46. The lowest BCUT2D eigenvalue weighted by molar-refractivity contribution is -0.123. The van der Waals surface area contributed by atoms with Crippen LogP contribution in [0.2, 0.25) is 0 Å². The van der Waals surface area contributed by atoms with Gasteiger partial charge in [-0.25, -0.2) is 0 Å². The second-order valence-electron chi connectivity index (χ2n) is 5.79. The van der Waals surface area contributed by atoms with E-state index in [9.17, 15) is 4.79 Å². The van der Waals surface area contributed by atoms with Crippen LogP contribution in [0.15, 0.2) is 5.51 Å². The second kappa shape index (κ2) is 3.66. The smallest absolute Gasteiger partial charge is 0.223 e. The van der Waals surface area contributed by atoms with Crippen LogP contribution in [0.4, 0.5) is 5.13 Å². The average Bonchev–Trinajstić information content (AvgIpc) is 3.15. The van der Waals surface area contributed by atoms with E-state index in [0.717, 1.165) is 31.1 Å². The standard InChI is InChI=1S/C12H16N4OS/c17-10(14-8-1-2-8)9-5-12(9)3-4-16(6-12)11-15-13-7-18-11/h7-9H,1-6H2,(H,14,17)/t9-,12+/m0/s1. The molecule has 1 aromatic heterocycles. The highest BCUT2D eigenvalue weighted by Crippen LogP contribution is 2.59. The number of aromatic nitrogens is 2. The molecule has 0 unspecified atom stereocenters. The molecule has 3 aliphatic rings. The maximum absolute atomic E-state index is 12.1. The van der Waals surface area contributed by atoms with Gasteiger partial charge >= 0.3 is 0 Å². The van der Waals surface area contributed by atoms with Gasteiger partial charge in [0.25, 0.3) is 0 Å². The van der Waals surface area contributed by atoms with Crippen molar-refractivity contribution in [2.75, 3.05) is 18.0 Å². The molecule has 1 aromatic rings. The van der Waals surface area contributed by atoms with Crippen LogP contribution in [-0.4, -0.2) is 35.2 Å². The molecule has 0 aromatic carbocycles. The van der Waals surface area contributed by atoms with Gasteiger partial charge in [0.1, 0.15) is 5.51 Å². The van der Waals surface area contributed by atoms with Crippen molar-refractivity contribution in [3.8, 4) is 0 Å². The van der Waals surface area contributed by atoms with Gasteiger partial charge in [-0.3, -0.25) is 4.79 Å². The van der Waals surface area contributed by atoms with Gasteiger partial charge in [0.2, 0.25) is 11.0 Å². The second-order valence-corrected chi connectivity index (χ2v) is 6.61. The number of rotatable bonds is 3. The lowest BCUT2D eigenvalue weighted by atomic mass is 10.0. The van der Waals surface area contributed by atoms with Gasteiger partial charge in [-0.05, 0) is 25.7 Å². The fourth-order valence-electron chi connectivity index (χ4n) is 3.06. The van der Waals surface area contributed by atoms with Crippen molar-refractivity contribution in [2.24, 2.45) is 11.3 Å². The van der Waals surface area contributed by atoms with Crippen LogP contribution in [-0.2, 0) is 4.79 Å². The molecular formula is C12H16N4OS. The summed E-state index contributed by atoms with van der Waals surface area (Å²) in [5.41, 5.74) is 2.01. The Kier molecular flexibility index (Phi) is 2.18. The Morgan fingerprint density at radius 3 is 3.17 bits per heavy atom. The van der Waals surface area contributed by atoms with Crippen LogP contribution in [0.5, 0.6) is 0 Å². The van der Waals surface area contributed by atoms with Gasteiger partial charge in [0, 0.05) is 30.5 Å². The molecule has 6 heteroatoms. The van der Waals surface area contributed by atoms with Crippen molar-refractivity contribution >= 4 is 22.4 Å². The number of amides is 1. The molecule has 2 heterocycles. The first-order chi connectivity index (χ1) is 8.77. The Morgan fingerprint density at radius 2 is 2.44 bits per heavy atom. The summed E-state index contributed by atoms with van der Waals surface area (Å²) >= 11 is 1.58. The third kappa shape index (κ3) is 1.70. The minimum Gasteiger partial charge on any atom is -0.353 e. The van der Waals surface area contributed by atoms with E-state index in [4.69, 9.17) is 0 Å². The number of hydrogen-bond acceptors (Lipinski definition) is 5. The third-order valence-electron chi connectivity index (χ3n) is 4.43. The topological polar surface area (TPSA) is 58.1 Å². The van der Waals surface area contributed by atoms with Crippen molar-refractivity contribution in [1.29, 1.82) is 0 Å². The molecule has 1 aliphatic heterocycles. The molecule has 2 atom stereocenters. The van der Waals surface area contributed by atoms with Crippen molar-refractivity contribution < 1.29 is 4.79 Å². The van der Waals surface area contributed by atoms with E-state index >= 15 is 0 Å². The summed E-state index contributed by atoms with van der Waals surface area (Å²) in [5.74, 6) is 0.535. The van der Waals surface area contributed by atoms with Gasteiger partial charge < -0.3 is 10.2 Å². The Hall–Kier alpha value is -1.17. The highest BCUT2D eigenvalue weighted by molar-refractivity contribution is 7.13. The Labute approximate surface area is 110 Å². The predicted octanol–water partition coefficient (Wildman–Crippen LogP) is 1.03. The maximum atomic E-state index is 12.1. The summed E-state index contributed by atoms with van der Waals surface area (Å²) in [6, 6.07) is 0.482. The normalized spacial score (nSPS) is 34.0. The van der Waals surface area contributed by atoms with Gasteiger partial charge in [-0.15, -0.1) is 10.2 Å². The number of nitrogens with zero attached hydrogens (tertiary/aromatic N) is 3. The first-order valence-electron chi connectivity index (χ1n) is 6.58. The molecule has 0 bridgehead atoms. The van der Waals surface area contributed by atoms with E-state index in [2.05, 4.69) is 20.4 Å².